The van der Waals surface area contributed by atoms with Gasteiger partial charge in [0.25, 0.3) is 0 Å². The molecule has 0 aliphatic carbocycles. The molecule has 0 heterocycles. The van der Waals surface area contributed by atoms with Gasteiger partial charge in [-0.1, -0.05) is 19.3 Å². The average Bonchev–Trinajstić information content (AvgIpc) is 2.12. The van der Waals surface area contributed by atoms with Crippen molar-refractivity contribution in [3.8, 4) is 11.8 Å². The molecule has 2 nitrogen and oxygen atoms in total. The zero-order valence-corrected chi connectivity index (χ0v) is 9.98. The Morgan fingerprint density at radius 3 is 2.29 bits per heavy atom. The van der Waals surface area contributed by atoms with Crippen molar-refractivity contribution in [3.05, 3.63) is 0 Å². The lowest BCUT2D eigenvalue weighted by Gasteiger charge is -2.34. The summed E-state index contributed by atoms with van der Waals surface area (Å²) in [5.74, 6) is 5.85. The Morgan fingerprint density at radius 2 is 1.86 bits per heavy atom. The molecule has 0 amide bonds. The molecule has 0 saturated heterocycles. The van der Waals surface area contributed by atoms with Gasteiger partial charge in [-0.25, -0.2) is 0 Å². The van der Waals surface area contributed by atoms with Gasteiger partial charge in [0.05, 0.1) is 0 Å². The molecule has 82 valence electrons. The van der Waals surface area contributed by atoms with Gasteiger partial charge in [-0.05, 0) is 27.2 Å². The predicted molar refractivity (Wildman–Crippen MR) is 59.0 cm³/mol. The Kier molecular flexibility index (Phi) is 5.18. The lowest BCUT2D eigenvalue weighted by molar-refractivity contribution is -0.107. The minimum absolute atomic E-state index is 0.633. The molecule has 1 unspecified atom stereocenters. The number of hydrogen-bond acceptors (Lipinski definition) is 2. The topological polar surface area (TPSA) is 29.5 Å². The molecule has 0 saturated carbocycles. The maximum absolute atomic E-state index is 10.0. The van der Waals surface area contributed by atoms with Gasteiger partial charge in [-0.15, -0.1) is 5.92 Å². The van der Waals surface area contributed by atoms with Crippen LogP contribution in [0.1, 0.15) is 47.0 Å². The zero-order valence-electron chi connectivity index (χ0n) is 9.98. The van der Waals surface area contributed by atoms with Crippen LogP contribution in [-0.2, 0) is 4.74 Å². The Labute approximate surface area is 87.7 Å². The number of unbranched alkanes of at least 4 members (excludes halogenated alkanes) is 2. The van der Waals surface area contributed by atoms with Crippen LogP contribution >= 0.6 is 0 Å². The fourth-order valence-electron chi connectivity index (χ4n) is 0.849. The summed E-state index contributed by atoms with van der Waals surface area (Å²) in [4.78, 5) is 0. The van der Waals surface area contributed by atoms with Crippen molar-refractivity contribution >= 4 is 0 Å². The molecule has 0 aromatic heterocycles. The highest BCUT2D eigenvalue weighted by molar-refractivity contribution is 5.18. The van der Waals surface area contributed by atoms with E-state index in [0.717, 1.165) is 19.3 Å². The first-order chi connectivity index (χ1) is 6.37. The molecule has 1 atom stereocenters. The van der Waals surface area contributed by atoms with E-state index in [1.807, 2.05) is 13.8 Å². The van der Waals surface area contributed by atoms with Gasteiger partial charge in [-0.3, -0.25) is 0 Å². The van der Waals surface area contributed by atoms with E-state index in [1.54, 1.807) is 14.0 Å². The van der Waals surface area contributed by atoms with Crippen molar-refractivity contribution in [2.45, 2.75) is 58.2 Å². The summed E-state index contributed by atoms with van der Waals surface area (Å²) in [6.45, 7) is 7.48. The lowest BCUT2D eigenvalue weighted by Crippen LogP contribution is -2.48. The normalized spacial score (nSPS) is 15.6. The highest BCUT2D eigenvalue weighted by Crippen LogP contribution is 2.23. The summed E-state index contributed by atoms with van der Waals surface area (Å²) in [6, 6.07) is 0. The molecule has 0 radical (unpaired) electrons. The molecule has 0 aromatic rings. The molecular weight excluding hydrogens is 176 g/mol. The third-order valence-corrected chi connectivity index (χ3v) is 2.67. The van der Waals surface area contributed by atoms with Gasteiger partial charge in [0.15, 0.2) is 5.60 Å². The second kappa shape index (κ2) is 5.38. The average molecular weight is 198 g/mol. The van der Waals surface area contributed by atoms with Crippen LogP contribution < -0.4 is 0 Å². The van der Waals surface area contributed by atoms with Crippen LogP contribution in [0.25, 0.3) is 0 Å². The molecule has 1 N–H and O–H groups in total. The number of methoxy groups -OCH3 is 1. The number of ether oxygens (including phenoxy) is 1. The maximum atomic E-state index is 10.0. The van der Waals surface area contributed by atoms with Crippen LogP contribution in [0, 0.1) is 11.8 Å². The summed E-state index contributed by atoms with van der Waals surface area (Å²) < 4.78 is 5.21. The van der Waals surface area contributed by atoms with Gasteiger partial charge in [0, 0.05) is 13.5 Å². The standard InChI is InChI=1S/C12H22O2/c1-6-7-8-9-10-12(4,13)11(2,3)14-5/h13H,6-8H2,1-5H3. The van der Waals surface area contributed by atoms with E-state index < -0.39 is 11.2 Å². The van der Waals surface area contributed by atoms with Crippen LogP contribution in [-0.4, -0.2) is 23.4 Å². The molecule has 0 spiro atoms. The monoisotopic (exact) mass is 198 g/mol. The summed E-state index contributed by atoms with van der Waals surface area (Å²) >= 11 is 0. The Balaban J connectivity index is 4.37. The van der Waals surface area contributed by atoms with Crippen molar-refractivity contribution in [2.24, 2.45) is 0 Å². The summed E-state index contributed by atoms with van der Waals surface area (Å²) in [7, 11) is 1.59. The fraction of sp³-hybridized carbons (Fsp3) is 0.833. The van der Waals surface area contributed by atoms with E-state index in [-0.39, 0.29) is 0 Å². The zero-order chi connectivity index (χ0) is 11.2. The largest absolute Gasteiger partial charge is 0.375 e. The number of rotatable bonds is 4. The first-order valence-electron chi connectivity index (χ1n) is 5.15. The molecule has 0 aromatic carbocycles. The molecule has 0 bridgehead atoms. The SMILES string of the molecule is CCCCC#CC(C)(O)C(C)(C)OC. The molecule has 0 aliphatic heterocycles. The van der Waals surface area contributed by atoms with Crippen LogP contribution in [0.3, 0.4) is 0 Å². The first kappa shape index (κ1) is 13.5. The van der Waals surface area contributed by atoms with Gasteiger partial charge in [-0.2, -0.15) is 0 Å². The second-order valence-corrected chi connectivity index (χ2v) is 4.19. The third kappa shape index (κ3) is 3.69. The summed E-state index contributed by atoms with van der Waals surface area (Å²) in [5, 5.41) is 10.0. The van der Waals surface area contributed by atoms with Gasteiger partial charge in [0.2, 0.25) is 0 Å². The Hall–Kier alpha value is -0.520. The Morgan fingerprint density at radius 1 is 1.29 bits per heavy atom. The third-order valence-electron chi connectivity index (χ3n) is 2.67. The number of hydrogen-bond donors (Lipinski definition) is 1. The minimum Gasteiger partial charge on any atom is -0.375 e. The molecule has 0 fully saturated rings. The van der Waals surface area contributed by atoms with E-state index in [1.165, 1.54) is 0 Å². The molecule has 0 rings (SSSR count). The van der Waals surface area contributed by atoms with Crippen molar-refractivity contribution < 1.29 is 9.84 Å². The van der Waals surface area contributed by atoms with E-state index in [0.29, 0.717) is 0 Å². The smallest absolute Gasteiger partial charge is 0.150 e. The first-order valence-corrected chi connectivity index (χ1v) is 5.15. The quantitative estimate of drug-likeness (QED) is 0.555. The Bertz CT molecular complexity index is 218. The van der Waals surface area contributed by atoms with Gasteiger partial charge < -0.3 is 9.84 Å². The molecular formula is C12H22O2. The fourth-order valence-corrected chi connectivity index (χ4v) is 0.849. The van der Waals surface area contributed by atoms with Crippen LogP contribution in [0.4, 0.5) is 0 Å². The van der Waals surface area contributed by atoms with Gasteiger partial charge in [0.1, 0.15) is 5.60 Å². The second-order valence-electron chi connectivity index (χ2n) is 4.19. The van der Waals surface area contributed by atoms with Gasteiger partial charge >= 0.3 is 0 Å². The molecule has 14 heavy (non-hydrogen) atoms. The van der Waals surface area contributed by atoms with Crippen LogP contribution in [0.5, 0.6) is 0 Å². The van der Waals surface area contributed by atoms with E-state index in [4.69, 9.17) is 4.74 Å². The number of aliphatic hydroxyl groups is 1. The van der Waals surface area contributed by atoms with E-state index in [2.05, 4.69) is 18.8 Å². The highest BCUT2D eigenvalue weighted by atomic mass is 16.5. The van der Waals surface area contributed by atoms with Crippen LogP contribution in [0.2, 0.25) is 0 Å². The van der Waals surface area contributed by atoms with E-state index in [9.17, 15) is 5.11 Å². The van der Waals surface area contributed by atoms with E-state index >= 15 is 0 Å². The summed E-state index contributed by atoms with van der Waals surface area (Å²) in [5.41, 5.74) is -1.72. The molecule has 2 heteroatoms. The predicted octanol–water partition coefficient (Wildman–Crippen LogP) is 2.36. The van der Waals surface area contributed by atoms with Crippen molar-refractivity contribution in [1.82, 2.24) is 0 Å². The van der Waals surface area contributed by atoms with Crippen LogP contribution in [0.15, 0.2) is 0 Å². The lowest BCUT2D eigenvalue weighted by atomic mass is 9.88. The maximum Gasteiger partial charge on any atom is 0.150 e. The summed E-state index contributed by atoms with van der Waals surface area (Å²) in [6.07, 6.45) is 3.05. The van der Waals surface area contributed by atoms with Crippen molar-refractivity contribution in [3.63, 3.8) is 0 Å². The molecule has 0 aliphatic rings. The highest BCUT2D eigenvalue weighted by Gasteiger charge is 2.37. The van der Waals surface area contributed by atoms with Crippen molar-refractivity contribution in [2.75, 3.05) is 7.11 Å². The van der Waals surface area contributed by atoms with Crippen molar-refractivity contribution in [1.29, 1.82) is 0 Å². The minimum atomic E-state index is -1.09.